The molecule has 11 heteroatoms. The summed E-state index contributed by atoms with van der Waals surface area (Å²) >= 11 is 0. The lowest BCUT2D eigenvalue weighted by Gasteiger charge is -2.32. The lowest BCUT2D eigenvalue weighted by Crippen LogP contribution is -2.43. The van der Waals surface area contributed by atoms with Gasteiger partial charge in [0.2, 0.25) is 0 Å². The molecule has 40 heavy (non-hydrogen) atoms. The number of urea groups is 1. The lowest BCUT2D eigenvalue weighted by molar-refractivity contribution is 0.147. The molecular formula is C29H33FN8O2. The number of fused-ring (bicyclic) bond motifs is 1. The minimum absolute atomic E-state index is 0.0649. The summed E-state index contributed by atoms with van der Waals surface area (Å²) in [5.74, 6) is 0.489. The summed E-state index contributed by atoms with van der Waals surface area (Å²) in [5, 5.41) is 6.09. The van der Waals surface area contributed by atoms with Crippen LogP contribution in [0.5, 0.6) is 5.75 Å². The number of aromatic nitrogens is 3. The van der Waals surface area contributed by atoms with Gasteiger partial charge < -0.3 is 30.6 Å². The van der Waals surface area contributed by atoms with Crippen LogP contribution in [-0.4, -0.2) is 70.7 Å². The van der Waals surface area contributed by atoms with Gasteiger partial charge in [-0.25, -0.2) is 19.2 Å². The predicted octanol–water partition coefficient (Wildman–Crippen LogP) is 4.55. The van der Waals surface area contributed by atoms with E-state index in [0.29, 0.717) is 34.2 Å². The first kappa shape index (κ1) is 26.0. The molecule has 2 aliphatic rings. The van der Waals surface area contributed by atoms with Crippen LogP contribution in [0.25, 0.3) is 22.2 Å². The fourth-order valence-corrected chi connectivity index (χ4v) is 5.23. The molecule has 2 aromatic heterocycles. The van der Waals surface area contributed by atoms with Gasteiger partial charge in [-0.3, -0.25) is 4.90 Å². The van der Waals surface area contributed by atoms with Crippen LogP contribution in [0.3, 0.4) is 0 Å². The van der Waals surface area contributed by atoms with Crippen molar-refractivity contribution >= 4 is 34.3 Å². The van der Waals surface area contributed by atoms with Gasteiger partial charge in [0.15, 0.2) is 0 Å². The first-order chi connectivity index (χ1) is 19.4. The van der Waals surface area contributed by atoms with Gasteiger partial charge in [0.05, 0.1) is 18.2 Å². The van der Waals surface area contributed by atoms with Crippen molar-refractivity contribution in [2.24, 2.45) is 0 Å². The molecule has 1 aliphatic heterocycles. The standard InChI is InChI=1S/C29H33FN8O2/c1-36-9-11-37(12-10-36)15-19-3-5-20(14-25(19)40-2)34-29(39)35-24-8-4-18(13-23(24)30)22-16-38(21-6-7-21)28-26(22)27(31)32-17-33-28/h3-5,8,13-14,16-17,21H,6-7,9-12,15H2,1-2H3,(H2,31,32,33)(H2,34,35,39). The fourth-order valence-electron chi connectivity index (χ4n) is 5.23. The number of hydrogen-bond donors (Lipinski definition) is 3. The Morgan fingerprint density at radius 3 is 2.62 bits per heavy atom. The number of nitrogens with zero attached hydrogens (tertiary/aromatic N) is 5. The molecule has 0 bridgehead atoms. The Morgan fingerprint density at radius 1 is 1.10 bits per heavy atom. The first-order valence-corrected chi connectivity index (χ1v) is 13.5. The minimum atomic E-state index is -0.560. The van der Waals surface area contributed by atoms with E-state index in [1.807, 2.05) is 18.3 Å². The molecule has 1 saturated carbocycles. The van der Waals surface area contributed by atoms with Crippen molar-refractivity contribution in [2.45, 2.75) is 25.4 Å². The highest BCUT2D eigenvalue weighted by atomic mass is 19.1. The maximum Gasteiger partial charge on any atom is 0.323 e. The number of anilines is 3. The Hall–Kier alpha value is -4.22. The molecule has 2 aromatic carbocycles. The molecular weight excluding hydrogens is 511 g/mol. The molecule has 1 aliphatic carbocycles. The summed E-state index contributed by atoms with van der Waals surface area (Å²) in [6, 6.07) is 10.1. The quantitative estimate of drug-likeness (QED) is 0.313. The highest BCUT2D eigenvalue weighted by molar-refractivity contribution is 6.02. The zero-order chi connectivity index (χ0) is 27.8. The van der Waals surface area contributed by atoms with Crippen molar-refractivity contribution < 1.29 is 13.9 Å². The number of carbonyl (C=O) groups is 1. The minimum Gasteiger partial charge on any atom is -0.496 e. The van der Waals surface area contributed by atoms with E-state index in [2.05, 4.69) is 42.0 Å². The number of amides is 2. The maximum absolute atomic E-state index is 15.2. The largest absolute Gasteiger partial charge is 0.496 e. The molecule has 2 amide bonds. The molecule has 4 N–H and O–H groups in total. The number of benzene rings is 2. The van der Waals surface area contributed by atoms with E-state index >= 15 is 4.39 Å². The number of ether oxygens (including phenoxy) is 1. The van der Waals surface area contributed by atoms with Gasteiger partial charge in [0.1, 0.15) is 29.4 Å². The van der Waals surface area contributed by atoms with E-state index in [1.54, 1.807) is 25.3 Å². The second-order valence-corrected chi connectivity index (χ2v) is 10.5. The smallest absolute Gasteiger partial charge is 0.323 e. The van der Waals surface area contributed by atoms with Crippen LogP contribution in [0.15, 0.2) is 48.9 Å². The number of carbonyl (C=O) groups excluding carboxylic acids is 1. The Morgan fingerprint density at radius 2 is 1.90 bits per heavy atom. The Bertz CT molecular complexity index is 1560. The van der Waals surface area contributed by atoms with Gasteiger partial charge in [-0.1, -0.05) is 12.1 Å². The molecule has 10 nitrogen and oxygen atoms in total. The Balaban J connectivity index is 1.15. The van der Waals surface area contributed by atoms with Gasteiger partial charge in [-0.2, -0.15) is 0 Å². The van der Waals surface area contributed by atoms with E-state index in [-0.39, 0.29) is 5.69 Å². The number of hydrogen-bond acceptors (Lipinski definition) is 7. The third-order valence-corrected chi connectivity index (χ3v) is 7.64. The molecule has 0 radical (unpaired) electrons. The molecule has 1 saturated heterocycles. The molecule has 2 fully saturated rings. The molecule has 3 heterocycles. The number of halogens is 1. The van der Waals surface area contributed by atoms with E-state index in [0.717, 1.165) is 62.3 Å². The third kappa shape index (κ3) is 5.30. The van der Waals surface area contributed by atoms with Crippen LogP contribution >= 0.6 is 0 Å². The lowest BCUT2D eigenvalue weighted by atomic mass is 10.1. The number of nitrogen functional groups attached to an aromatic ring is 1. The van der Waals surface area contributed by atoms with E-state index in [4.69, 9.17) is 10.5 Å². The number of nitrogens with one attached hydrogen (secondary N) is 2. The van der Waals surface area contributed by atoms with Gasteiger partial charge >= 0.3 is 6.03 Å². The van der Waals surface area contributed by atoms with Crippen molar-refractivity contribution in [3.05, 3.63) is 60.3 Å². The molecule has 0 atom stereocenters. The number of rotatable bonds is 7. The van der Waals surface area contributed by atoms with Gasteiger partial charge in [0, 0.05) is 67.8 Å². The number of piperazine rings is 1. The van der Waals surface area contributed by atoms with Crippen LogP contribution in [0.4, 0.5) is 26.4 Å². The highest BCUT2D eigenvalue weighted by Crippen LogP contribution is 2.42. The van der Waals surface area contributed by atoms with E-state index in [9.17, 15) is 4.79 Å². The molecule has 208 valence electrons. The number of nitrogens with two attached hydrogens (primary N) is 1. The number of likely N-dealkylation sites (N-methyl/N-ethyl adjacent to an activating group) is 1. The van der Waals surface area contributed by atoms with Crippen LogP contribution < -0.4 is 21.1 Å². The van der Waals surface area contributed by atoms with Crippen molar-refractivity contribution in [3.8, 4) is 16.9 Å². The summed E-state index contributed by atoms with van der Waals surface area (Å²) < 4.78 is 22.9. The summed E-state index contributed by atoms with van der Waals surface area (Å²) in [6.07, 6.45) is 5.56. The summed E-state index contributed by atoms with van der Waals surface area (Å²) in [4.78, 5) is 26.0. The van der Waals surface area contributed by atoms with Crippen molar-refractivity contribution in [2.75, 3.05) is 56.7 Å². The number of methoxy groups -OCH3 is 1. The Kier molecular flexibility index (Phi) is 6.99. The Labute approximate surface area is 231 Å². The van der Waals surface area contributed by atoms with Gasteiger partial charge in [-0.15, -0.1) is 0 Å². The fraction of sp³-hybridized carbons (Fsp3) is 0.345. The van der Waals surface area contributed by atoms with Crippen LogP contribution in [0.2, 0.25) is 0 Å². The average molecular weight is 545 g/mol. The van der Waals surface area contributed by atoms with Crippen molar-refractivity contribution in [1.29, 1.82) is 0 Å². The molecule has 0 unspecified atom stereocenters. The van der Waals surface area contributed by atoms with Gasteiger partial charge in [-0.05, 0) is 43.7 Å². The predicted molar refractivity (Wildman–Crippen MR) is 154 cm³/mol. The first-order valence-electron chi connectivity index (χ1n) is 13.5. The summed E-state index contributed by atoms with van der Waals surface area (Å²) in [5.41, 5.74) is 9.99. The van der Waals surface area contributed by atoms with Crippen molar-refractivity contribution in [3.63, 3.8) is 0 Å². The second-order valence-electron chi connectivity index (χ2n) is 10.5. The summed E-state index contributed by atoms with van der Waals surface area (Å²) in [6.45, 7) is 4.84. The topological polar surface area (TPSA) is 114 Å². The molecule has 0 spiro atoms. The highest BCUT2D eigenvalue weighted by Gasteiger charge is 2.28. The zero-order valence-corrected chi connectivity index (χ0v) is 22.7. The van der Waals surface area contributed by atoms with E-state index < -0.39 is 11.8 Å². The second kappa shape index (κ2) is 10.7. The third-order valence-electron chi connectivity index (χ3n) is 7.64. The van der Waals surface area contributed by atoms with Crippen LogP contribution in [0.1, 0.15) is 24.4 Å². The summed E-state index contributed by atoms with van der Waals surface area (Å²) in [7, 11) is 3.75. The maximum atomic E-state index is 15.2. The van der Waals surface area contributed by atoms with Crippen LogP contribution in [-0.2, 0) is 6.54 Å². The molecule has 4 aromatic rings. The van der Waals surface area contributed by atoms with Crippen molar-refractivity contribution in [1.82, 2.24) is 24.3 Å². The average Bonchev–Trinajstić information content (AvgIpc) is 3.71. The SMILES string of the molecule is COc1cc(NC(=O)Nc2ccc(-c3cn(C4CC4)c4ncnc(N)c34)cc2F)ccc1CN1CCN(C)CC1. The zero-order valence-electron chi connectivity index (χ0n) is 22.7. The van der Waals surface area contributed by atoms with E-state index in [1.165, 1.54) is 12.4 Å². The monoisotopic (exact) mass is 544 g/mol. The van der Waals surface area contributed by atoms with Gasteiger partial charge in [0.25, 0.3) is 0 Å². The normalized spacial score (nSPS) is 16.3. The van der Waals surface area contributed by atoms with Crippen LogP contribution in [0, 0.1) is 5.82 Å². The molecule has 6 rings (SSSR count).